The Morgan fingerprint density at radius 3 is 2.42 bits per heavy atom. The number of thiazole rings is 1. The van der Waals surface area contributed by atoms with Gasteiger partial charge in [-0.1, -0.05) is 46.9 Å². The largest absolute Gasteiger partial charge is 0.325 e. The van der Waals surface area contributed by atoms with Crippen LogP contribution in [0.4, 0.5) is 15.8 Å². The summed E-state index contributed by atoms with van der Waals surface area (Å²) in [6.07, 6.45) is 0. The van der Waals surface area contributed by atoms with Crippen molar-refractivity contribution in [3.05, 3.63) is 96.8 Å². The summed E-state index contributed by atoms with van der Waals surface area (Å²) >= 11 is 3.65. The van der Waals surface area contributed by atoms with Crippen molar-refractivity contribution < 1.29 is 18.8 Å². The van der Waals surface area contributed by atoms with Gasteiger partial charge in [-0.05, 0) is 54.8 Å². The Morgan fingerprint density at radius 2 is 1.74 bits per heavy atom. The van der Waals surface area contributed by atoms with Gasteiger partial charge in [-0.15, -0.1) is 11.3 Å². The number of halogens is 1. The minimum atomic E-state index is -0.733. The van der Waals surface area contributed by atoms with Crippen LogP contribution in [-0.2, 0) is 20.9 Å². The lowest BCUT2D eigenvalue weighted by Gasteiger charge is -2.29. The highest BCUT2D eigenvalue weighted by atomic mass is 32.2. The molecule has 0 spiro atoms. The van der Waals surface area contributed by atoms with Crippen LogP contribution in [0.1, 0.15) is 21.2 Å². The van der Waals surface area contributed by atoms with Gasteiger partial charge in [0, 0.05) is 21.4 Å². The first-order chi connectivity index (χ1) is 18.3. The maximum atomic E-state index is 13.8. The zero-order chi connectivity index (χ0) is 26.6. The number of nitrogens with one attached hydrogen (secondary N) is 1. The molecule has 4 heterocycles. The van der Waals surface area contributed by atoms with E-state index in [0.717, 1.165) is 21.8 Å². The number of hydrogen-bond acceptors (Lipinski definition) is 7. The van der Waals surface area contributed by atoms with Crippen LogP contribution in [0.2, 0.25) is 0 Å². The van der Waals surface area contributed by atoms with E-state index in [4.69, 9.17) is 0 Å². The van der Waals surface area contributed by atoms with E-state index in [2.05, 4.69) is 5.32 Å². The molecule has 1 fully saturated rings. The molecule has 4 aromatic rings. The fourth-order valence-electron chi connectivity index (χ4n) is 4.86. The van der Waals surface area contributed by atoms with E-state index in [1.165, 1.54) is 56.8 Å². The van der Waals surface area contributed by atoms with Gasteiger partial charge in [-0.2, -0.15) is 0 Å². The molecule has 0 aliphatic carbocycles. The Morgan fingerprint density at radius 1 is 1.00 bits per heavy atom. The van der Waals surface area contributed by atoms with Gasteiger partial charge in [-0.3, -0.25) is 23.7 Å². The fourth-order valence-corrected chi connectivity index (χ4v) is 8.58. The number of carbonyl (C=O) groups is 3. The molecule has 3 unspecified atom stereocenters. The van der Waals surface area contributed by atoms with Gasteiger partial charge in [0.2, 0.25) is 17.7 Å². The molecule has 0 radical (unpaired) electrons. The second-order valence-corrected chi connectivity index (χ2v) is 12.2. The molecule has 3 atom stereocenters. The normalized spacial score (nSPS) is 20.4. The maximum absolute atomic E-state index is 13.8. The van der Waals surface area contributed by atoms with Crippen molar-refractivity contribution >= 4 is 63.5 Å². The van der Waals surface area contributed by atoms with Crippen molar-refractivity contribution in [1.29, 1.82) is 0 Å². The third-order valence-electron chi connectivity index (χ3n) is 6.62. The molecular formula is C27H20FN3O4S3. The number of rotatable bonds is 5. The molecule has 38 heavy (non-hydrogen) atoms. The van der Waals surface area contributed by atoms with Gasteiger partial charge in [0.15, 0.2) is 0 Å². The van der Waals surface area contributed by atoms with Crippen molar-refractivity contribution in [2.24, 2.45) is 5.92 Å². The van der Waals surface area contributed by atoms with Crippen LogP contribution in [0.15, 0.2) is 75.9 Å². The minimum Gasteiger partial charge on any atom is -0.325 e. The predicted molar refractivity (Wildman–Crippen MR) is 147 cm³/mol. The van der Waals surface area contributed by atoms with Crippen LogP contribution in [0.3, 0.4) is 0 Å². The lowest BCUT2D eigenvalue weighted by molar-refractivity contribution is -0.122. The van der Waals surface area contributed by atoms with E-state index < -0.39 is 28.8 Å². The Balaban J connectivity index is 1.38. The van der Waals surface area contributed by atoms with Crippen LogP contribution in [0.5, 0.6) is 0 Å². The first-order valence-electron chi connectivity index (χ1n) is 11.8. The van der Waals surface area contributed by atoms with Crippen LogP contribution >= 0.6 is 34.4 Å². The van der Waals surface area contributed by atoms with Gasteiger partial charge >= 0.3 is 4.87 Å². The summed E-state index contributed by atoms with van der Waals surface area (Å²) in [4.78, 5) is 55.9. The number of thiophene rings is 1. The first-order valence-corrected chi connectivity index (χ1v) is 14.3. The average Bonchev–Trinajstić information content (AvgIpc) is 3.59. The second-order valence-electron chi connectivity index (χ2n) is 9.08. The second kappa shape index (κ2) is 9.64. The number of aromatic nitrogens is 1. The van der Waals surface area contributed by atoms with Crippen LogP contribution < -0.4 is 15.1 Å². The number of fused-ring (bicyclic) bond motifs is 2. The molecule has 2 aromatic carbocycles. The minimum absolute atomic E-state index is 0.270. The molecule has 2 aliphatic rings. The highest BCUT2D eigenvalue weighted by molar-refractivity contribution is 8.00. The maximum Gasteiger partial charge on any atom is 0.308 e. The van der Waals surface area contributed by atoms with Crippen molar-refractivity contribution in [3.63, 3.8) is 0 Å². The van der Waals surface area contributed by atoms with Crippen LogP contribution in [-0.4, -0.2) is 27.5 Å². The molecule has 11 heteroatoms. The molecule has 1 N–H and O–H groups in total. The third kappa shape index (κ3) is 4.20. The number of amides is 3. The van der Waals surface area contributed by atoms with Crippen molar-refractivity contribution in [1.82, 2.24) is 4.57 Å². The predicted octanol–water partition coefficient (Wildman–Crippen LogP) is 4.85. The summed E-state index contributed by atoms with van der Waals surface area (Å²) < 4.78 is 14.6. The van der Waals surface area contributed by atoms with E-state index in [0.29, 0.717) is 21.3 Å². The molecule has 0 saturated carbocycles. The standard InChI is InChI=1S/C27H20FN3O4S3/c1-14-4-10-17(11-5-14)31-24(33)21-20(18-3-2-12-36-18)23-26(37-22(21)25(31)34)30(27(35)38-23)13-19(32)29-16-8-6-15(28)7-9-16/h2-12,20-22H,13H2,1H3,(H,29,32). The number of nitrogens with zero attached hydrogens (tertiary/aromatic N) is 2. The highest BCUT2D eigenvalue weighted by Crippen LogP contribution is 2.54. The quantitative estimate of drug-likeness (QED) is 0.350. The first kappa shape index (κ1) is 24.8. The molecule has 2 aliphatic heterocycles. The molecule has 6 rings (SSSR count). The molecular weight excluding hydrogens is 546 g/mol. The Bertz CT molecular complexity index is 1610. The molecule has 7 nitrogen and oxygen atoms in total. The highest BCUT2D eigenvalue weighted by Gasteiger charge is 2.57. The fraction of sp³-hybridized carbons (Fsp3) is 0.185. The number of anilines is 2. The SMILES string of the molecule is Cc1ccc(N2C(=O)C3Sc4c(sc(=O)n4CC(=O)Nc4ccc(F)cc4)C(c4cccs4)C3C2=O)cc1. The molecule has 3 amide bonds. The monoisotopic (exact) mass is 565 g/mol. The van der Waals surface area contributed by atoms with E-state index in [9.17, 15) is 23.6 Å². The topological polar surface area (TPSA) is 88.5 Å². The van der Waals surface area contributed by atoms with Gasteiger partial charge in [0.25, 0.3) is 0 Å². The molecule has 1 saturated heterocycles. The lowest BCUT2D eigenvalue weighted by atomic mass is 9.87. The van der Waals surface area contributed by atoms with Gasteiger partial charge < -0.3 is 5.32 Å². The van der Waals surface area contributed by atoms with Crippen molar-refractivity contribution in [3.8, 4) is 0 Å². The van der Waals surface area contributed by atoms with Gasteiger partial charge in [-0.25, -0.2) is 9.29 Å². The summed E-state index contributed by atoms with van der Waals surface area (Å²) in [5.74, 6) is -2.64. The van der Waals surface area contributed by atoms with E-state index >= 15 is 0 Å². The van der Waals surface area contributed by atoms with E-state index in [1.54, 1.807) is 12.1 Å². The summed E-state index contributed by atoms with van der Waals surface area (Å²) in [6, 6.07) is 16.4. The summed E-state index contributed by atoms with van der Waals surface area (Å²) in [5.41, 5.74) is 1.94. The lowest BCUT2D eigenvalue weighted by Crippen LogP contribution is -2.32. The zero-order valence-corrected chi connectivity index (χ0v) is 22.4. The van der Waals surface area contributed by atoms with E-state index in [1.807, 2.05) is 36.6 Å². The van der Waals surface area contributed by atoms with Crippen molar-refractivity contribution in [2.75, 3.05) is 10.2 Å². The van der Waals surface area contributed by atoms with Crippen molar-refractivity contribution in [2.45, 2.75) is 29.7 Å². The Hall–Kier alpha value is -3.54. The van der Waals surface area contributed by atoms with Gasteiger partial charge in [0.1, 0.15) is 17.6 Å². The summed E-state index contributed by atoms with van der Waals surface area (Å²) in [6.45, 7) is 1.66. The molecule has 192 valence electrons. The molecule has 0 bridgehead atoms. The van der Waals surface area contributed by atoms with Crippen LogP contribution in [0, 0.1) is 18.7 Å². The third-order valence-corrected chi connectivity index (χ3v) is 10.2. The Kier molecular flexibility index (Phi) is 6.29. The summed E-state index contributed by atoms with van der Waals surface area (Å²) in [5, 5.41) is 4.38. The summed E-state index contributed by atoms with van der Waals surface area (Å²) in [7, 11) is 0. The number of benzene rings is 2. The molecule has 2 aromatic heterocycles. The number of aryl methyl sites for hydroxylation is 1. The number of thioether (sulfide) groups is 1. The average molecular weight is 566 g/mol. The van der Waals surface area contributed by atoms with Crippen LogP contribution in [0.25, 0.3) is 0 Å². The number of imide groups is 1. The van der Waals surface area contributed by atoms with Gasteiger partial charge in [0.05, 0.1) is 16.6 Å². The zero-order valence-electron chi connectivity index (χ0n) is 19.9. The number of carbonyl (C=O) groups excluding carboxylic acids is 3. The smallest absolute Gasteiger partial charge is 0.308 e. The Labute approximate surface area is 228 Å². The number of hydrogen-bond donors (Lipinski definition) is 1. The van der Waals surface area contributed by atoms with E-state index in [-0.39, 0.29) is 23.2 Å².